The lowest BCUT2D eigenvalue weighted by molar-refractivity contribution is 0.345. The second kappa shape index (κ2) is 5.26. The fourth-order valence-electron chi connectivity index (χ4n) is 3.13. The molecule has 8 heteroatoms. The van der Waals surface area contributed by atoms with Gasteiger partial charge < -0.3 is 5.32 Å². The molecule has 116 valence electrons. The van der Waals surface area contributed by atoms with Gasteiger partial charge in [0.2, 0.25) is 10.0 Å². The molecule has 0 radical (unpaired) electrons. The summed E-state index contributed by atoms with van der Waals surface area (Å²) in [4.78, 5) is -0.593. The normalized spacial score (nSPS) is 28.8. The van der Waals surface area contributed by atoms with E-state index in [-0.39, 0.29) is 18.1 Å². The first kappa shape index (κ1) is 14.8. The van der Waals surface area contributed by atoms with Crippen LogP contribution < -0.4 is 10.0 Å². The van der Waals surface area contributed by atoms with Crippen LogP contribution in [0.15, 0.2) is 17.0 Å². The lowest BCUT2D eigenvalue weighted by atomic mass is 10.0. The molecule has 2 N–H and O–H groups in total. The standard InChI is InChI=1S/C13H15F3N2O2S/c14-11-5-10(6-12(15)13(11)16)21(19,20)18-9-3-7-1-2-8(4-9)17-7/h5-9,17-18H,1-4H2. The average Bonchev–Trinajstić information content (AvgIpc) is 2.74. The topological polar surface area (TPSA) is 58.2 Å². The van der Waals surface area contributed by atoms with Crippen molar-refractivity contribution in [1.82, 2.24) is 10.0 Å². The van der Waals surface area contributed by atoms with E-state index in [1.54, 1.807) is 0 Å². The zero-order valence-corrected chi connectivity index (χ0v) is 11.9. The number of rotatable bonds is 3. The summed E-state index contributed by atoms with van der Waals surface area (Å²) in [5.74, 6) is -4.70. The van der Waals surface area contributed by atoms with Crippen molar-refractivity contribution < 1.29 is 21.6 Å². The van der Waals surface area contributed by atoms with E-state index >= 15 is 0 Å². The molecule has 2 aliphatic rings. The second-order valence-corrected chi connectivity index (χ2v) is 7.34. The van der Waals surface area contributed by atoms with Crippen LogP contribution in [0, 0.1) is 17.5 Å². The minimum absolute atomic E-state index is 0.273. The van der Waals surface area contributed by atoms with Gasteiger partial charge in [-0.2, -0.15) is 0 Å². The molecule has 2 heterocycles. The van der Waals surface area contributed by atoms with Crippen LogP contribution in [-0.2, 0) is 10.0 Å². The van der Waals surface area contributed by atoms with Crippen molar-refractivity contribution in [2.45, 2.75) is 48.7 Å². The van der Waals surface area contributed by atoms with Crippen LogP contribution in [0.4, 0.5) is 13.2 Å². The van der Waals surface area contributed by atoms with Crippen LogP contribution in [0.1, 0.15) is 25.7 Å². The van der Waals surface area contributed by atoms with E-state index in [0.29, 0.717) is 25.0 Å². The maximum atomic E-state index is 13.2. The van der Waals surface area contributed by atoms with Gasteiger partial charge in [-0.05, 0) is 37.8 Å². The Hall–Kier alpha value is -1.12. The highest BCUT2D eigenvalue weighted by molar-refractivity contribution is 7.89. The number of piperidine rings is 1. The number of sulfonamides is 1. The second-order valence-electron chi connectivity index (χ2n) is 5.63. The number of halogens is 3. The first-order valence-corrected chi connectivity index (χ1v) is 8.26. The predicted octanol–water partition coefficient (Wildman–Crippen LogP) is 1.67. The molecule has 1 aromatic rings. The molecule has 2 saturated heterocycles. The largest absolute Gasteiger partial charge is 0.311 e. The first-order chi connectivity index (χ1) is 9.85. The molecule has 0 amide bonds. The molecule has 2 bridgehead atoms. The highest BCUT2D eigenvalue weighted by Crippen LogP contribution is 2.28. The summed E-state index contributed by atoms with van der Waals surface area (Å²) in [6, 6.07) is 1.27. The summed E-state index contributed by atoms with van der Waals surface area (Å²) in [5.41, 5.74) is 0. The van der Waals surface area contributed by atoms with E-state index in [4.69, 9.17) is 0 Å². The molecule has 0 aliphatic carbocycles. The van der Waals surface area contributed by atoms with Crippen LogP contribution in [0.25, 0.3) is 0 Å². The minimum Gasteiger partial charge on any atom is -0.311 e. The summed E-state index contributed by atoms with van der Waals surface area (Å²) in [7, 11) is -4.07. The van der Waals surface area contributed by atoms with Gasteiger partial charge in [-0.3, -0.25) is 0 Å². The van der Waals surface area contributed by atoms with Crippen molar-refractivity contribution >= 4 is 10.0 Å². The van der Waals surface area contributed by atoms with Crippen molar-refractivity contribution in [1.29, 1.82) is 0 Å². The summed E-state index contributed by atoms with van der Waals surface area (Å²) in [6.45, 7) is 0. The fourth-order valence-corrected chi connectivity index (χ4v) is 4.41. The number of hydrogen-bond donors (Lipinski definition) is 2. The van der Waals surface area contributed by atoms with Crippen LogP contribution in [0.2, 0.25) is 0 Å². The van der Waals surface area contributed by atoms with E-state index < -0.39 is 32.4 Å². The highest BCUT2D eigenvalue weighted by Gasteiger charge is 2.35. The Bertz CT molecular complexity index is 630. The Kier molecular flexibility index (Phi) is 3.71. The predicted molar refractivity (Wildman–Crippen MR) is 69.6 cm³/mol. The molecular weight excluding hydrogens is 305 g/mol. The van der Waals surface area contributed by atoms with Crippen molar-refractivity contribution in [2.24, 2.45) is 0 Å². The number of fused-ring (bicyclic) bond motifs is 2. The summed E-state index contributed by atoms with van der Waals surface area (Å²) in [5, 5.41) is 3.37. The number of nitrogens with one attached hydrogen (secondary N) is 2. The van der Waals surface area contributed by atoms with E-state index in [9.17, 15) is 21.6 Å². The number of benzene rings is 1. The van der Waals surface area contributed by atoms with Crippen molar-refractivity contribution in [3.63, 3.8) is 0 Å². The van der Waals surface area contributed by atoms with Gasteiger partial charge in [0, 0.05) is 18.1 Å². The van der Waals surface area contributed by atoms with Crippen LogP contribution in [-0.4, -0.2) is 26.5 Å². The smallest absolute Gasteiger partial charge is 0.241 e. The van der Waals surface area contributed by atoms with Gasteiger partial charge in [0.15, 0.2) is 17.5 Å². The van der Waals surface area contributed by atoms with Gasteiger partial charge >= 0.3 is 0 Å². The Balaban J connectivity index is 1.81. The maximum Gasteiger partial charge on any atom is 0.241 e. The third-order valence-electron chi connectivity index (χ3n) is 4.06. The van der Waals surface area contributed by atoms with Crippen molar-refractivity contribution in [2.75, 3.05) is 0 Å². The van der Waals surface area contributed by atoms with Crippen molar-refractivity contribution in [3.8, 4) is 0 Å². The summed E-state index contributed by atoms with van der Waals surface area (Å²) >= 11 is 0. The van der Waals surface area contributed by atoms with Gasteiger partial charge in [-0.1, -0.05) is 0 Å². The van der Waals surface area contributed by atoms with Gasteiger partial charge in [0.1, 0.15) is 0 Å². The molecule has 0 spiro atoms. The van der Waals surface area contributed by atoms with E-state index in [1.807, 2.05) is 0 Å². The Labute approximate surface area is 120 Å². The van der Waals surface area contributed by atoms with Crippen LogP contribution in [0.3, 0.4) is 0 Å². The Morgan fingerprint density at radius 2 is 1.57 bits per heavy atom. The molecule has 2 fully saturated rings. The Morgan fingerprint density at radius 3 is 2.10 bits per heavy atom. The minimum atomic E-state index is -4.07. The van der Waals surface area contributed by atoms with E-state index in [1.165, 1.54) is 0 Å². The molecule has 0 aromatic heterocycles. The molecule has 2 unspecified atom stereocenters. The van der Waals surface area contributed by atoms with Crippen molar-refractivity contribution in [3.05, 3.63) is 29.6 Å². The summed E-state index contributed by atoms with van der Waals surface area (Å²) in [6.07, 6.45) is 3.29. The monoisotopic (exact) mass is 320 g/mol. The fraction of sp³-hybridized carbons (Fsp3) is 0.538. The molecule has 3 rings (SSSR count). The molecular formula is C13H15F3N2O2S. The zero-order valence-electron chi connectivity index (χ0n) is 11.1. The molecule has 4 nitrogen and oxygen atoms in total. The SMILES string of the molecule is O=S(=O)(NC1CC2CCC(C1)N2)c1cc(F)c(F)c(F)c1. The molecule has 1 aromatic carbocycles. The zero-order chi connectivity index (χ0) is 15.2. The number of hydrogen-bond acceptors (Lipinski definition) is 3. The third-order valence-corrected chi connectivity index (χ3v) is 5.56. The average molecular weight is 320 g/mol. The van der Waals surface area contributed by atoms with Crippen LogP contribution >= 0.6 is 0 Å². The Morgan fingerprint density at radius 1 is 1.05 bits per heavy atom. The molecule has 2 aliphatic heterocycles. The van der Waals surface area contributed by atoms with Gasteiger partial charge in [-0.25, -0.2) is 26.3 Å². The third kappa shape index (κ3) is 2.93. The lowest BCUT2D eigenvalue weighted by Crippen LogP contribution is -2.47. The molecule has 2 atom stereocenters. The van der Waals surface area contributed by atoms with E-state index in [2.05, 4.69) is 10.0 Å². The maximum absolute atomic E-state index is 13.2. The van der Waals surface area contributed by atoms with Crippen LogP contribution in [0.5, 0.6) is 0 Å². The summed E-state index contributed by atoms with van der Waals surface area (Å²) < 4.78 is 66.0. The first-order valence-electron chi connectivity index (χ1n) is 6.78. The quantitative estimate of drug-likeness (QED) is 0.833. The van der Waals surface area contributed by atoms with Gasteiger partial charge in [0.05, 0.1) is 4.90 Å². The van der Waals surface area contributed by atoms with Gasteiger partial charge in [0.25, 0.3) is 0 Å². The molecule has 0 saturated carbocycles. The van der Waals surface area contributed by atoms with Gasteiger partial charge in [-0.15, -0.1) is 0 Å². The van der Waals surface area contributed by atoms with E-state index in [0.717, 1.165) is 12.8 Å². The lowest BCUT2D eigenvalue weighted by Gasteiger charge is -2.29. The highest BCUT2D eigenvalue weighted by atomic mass is 32.2. The molecule has 21 heavy (non-hydrogen) atoms.